The second-order valence-electron chi connectivity index (χ2n) is 5.36. The number of aromatic nitrogens is 2. The SMILES string of the molecule is C[C@@H](CC(=O)c1nccn1C)C1CCCCC1. The number of aryl methyl sites for hydroxylation is 1. The van der Waals surface area contributed by atoms with Crippen molar-refractivity contribution < 1.29 is 4.79 Å². The van der Waals surface area contributed by atoms with E-state index in [1.807, 2.05) is 17.8 Å². The maximum absolute atomic E-state index is 12.1. The molecule has 94 valence electrons. The summed E-state index contributed by atoms with van der Waals surface area (Å²) in [5, 5.41) is 0. The number of imidazole rings is 1. The Morgan fingerprint density at radius 1 is 1.47 bits per heavy atom. The molecule has 1 aliphatic carbocycles. The minimum atomic E-state index is 0.190. The van der Waals surface area contributed by atoms with Gasteiger partial charge in [0.1, 0.15) is 0 Å². The zero-order chi connectivity index (χ0) is 12.3. The van der Waals surface area contributed by atoms with Gasteiger partial charge in [-0.25, -0.2) is 4.98 Å². The van der Waals surface area contributed by atoms with Crippen LogP contribution in [-0.2, 0) is 7.05 Å². The first-order valence-corrected chi connectivity index (χ1v) is 6.69. The lowest BCUT2D eigenvalue weighted by Crippen LogP contribution is -2.20. The quantitative estimate of drug-likeness (QED) is 0.750. The molecule has 1 aliphatic rings. The number of carbonyl (C=O) groups excluding carboxylic acids is 1. The Bertz CT molecular complexity index is 377. The lowest BCUT2D eigenvalue weighted by atomic mass is 9.79. The van der Waals surface area contributed by atoms with E-state index >= 15 is 0 Å². The second-order valence-corrected chi connectivity index (χ2v) is 5.36. The zero-order valence-electron chi connectivity index (χ0n) is 10.9. The highest BCUT2D eigenvalue weighted by Gasteiger charge is 2.23. The van der Waals surface area contributed by atoms with Crippen molar-refractivity contribution in [2.75, 3.05) is 0 Å². The molecule has 0 aliphatic heterocycles. The maximum atomic E-state index is 12.1. The van der Waals surface area contributed by atoms with E-state index in [0.29, 0.717) is 18.2 Å². The van der Waals surface area contributed by atoms with Crippen molar-refractivity contribution in [1.82, 2.24) is 9.55 Å². The standard InChI is InChI=1S/C14H22N2O/c1-11(12-6-4-3-5-7-12)10-13(17)14-15-8-9-16(14)2/h8-9,11-12H,3-7,10H2,1-2H3/t11-/m0/s1. The predicted molar refractivity (Wildman–Crippen MR) is 67.9 cm³/mol. The fourth-order valence-corrected chi connectivity index (χ4v) is 2.89. The molecular formula is C14H22N2O. The summed E-state index contributed by atoms with van der Waals surface area (Å²) in [4.78, 5) is 16.2. The highest BCUT2D eigenvalue weighted by Crippen LogP contribution is 2.31. The molecule has 0 radical (unpaired) electrons. The first kappa shape index (κ1) is 12.3. The monoisotopic (exact) mass is 234 g/mol. The molecule has 0 unspecified atom stereocenters. The molecule has 1 heterocycles. The molecule has 0 bridgehead atoms. The summed E-state index contributed by atoms with van der Waals surface area (Å²) in [6.07, 6.45) is 10.8. The fourth-order valence-electron chi connectivity index (χ4n) is 2.89. The average Bonchev–Trinajstić information content (AvgIpc) is 2.76. The fraction of sp³-hybridized carbons (Fsp3) is 0.714. The smallest absolute Gasteiger partial charge is 0.198 e. The van der Waals surface area contributed by atoms with Crippen LogP contribution >= 0.6 is 0 Å². The summed E-state index contributed by atoms with van der Waals surface area (Å²) >= 11 is 0. The Labute approximate surface area is 103 Å². The normalized spacial score (nSPS) is 19.2. The van der Waals surface area contributed by atoms with E-state index in [2.05, 4.69) is 11.9 Å². The van der Waals surface area contributed by atoms with Crippen LogP contribution in [0.4, 0.5) is 0 Å². The average molecular weight is 234 g/mol. The van der Waals surface area contributed by atoms with Crippen LogP contribution in [0.3, 0.4) is 0 Å². The molecule has 0 saturated heterocycles. The molecule has 1 aromatic heterocycles. The Morgan fingerprint density at radius 3 is 2.76 bits per heavy atom. The van der Waals surface area contributed by atoms with Gasteiger partial charge in [0, 0.05) is 25.9 Å². The molecule has 1 atom stereocenters. The van der Waals surface area contributed by atoms with Gasteiger partial charge in [0.25, 0.3) is 0 Å². The van der Waals surface area contributed by atoms with Crippen LogP contribution in [0, 0.1) is 11.8 Å². The minimum Gasteiger partial charge on any atom is -0.332 e. The van der Waals surface area contributed by atoms with Crippen LogP contribution in [-0.4, -0.2) is 15.3 Å². The number of hydrogen-bond acceptors (Lipinski definition) is 2. The number of nitrogens with zero attached hydrogens (tertiary/aromatic N) is 2. The van der Waals surface area contributed by atoms with Gasteiger partial charge in [0.05, 0.1) is 0 Å². The molecule has 0 aromatic carbocycles. The lowest BCUT2D eigenvalue weighted by molar-refractivity contribution is 0.0926. The summed E-state index contributed by atoms with van der Waals surface area (Å²) < 4.78 is 1.82. The Kier molecular flexibility index (Phi) is 3.97. The van der Waals surface area contributed by atoms with Crippen molar-refractivity contribution in [3.63, 3.8) is 0 Å². The Morgan fingerprint density at radius 2 is 2.18 bits per heavy atom. The highest BCUT2D eigenvalue weighted by atomic mass is 16.1. The van der Waals surface area contributed by atoms with Crippen LogP contribution in [0.15, 0.2) is 12.4 Å². The van der Waals surface area contributed by atoms with Crippen molar-refractivity contribution >= 4 is 5.78 Å². The molecule has 1 saturated carbocycles. The van der Waals surface area contributed by atoms with Gasteiger partial charge < -0.3 is 4.57 Å². The van der Waals surface area contributed by atoms with Crippen molar-refractivity contribution in [1.29, 1.82) is 0 Å². The molecule has 0 amide bonds. The number of Topliss-reactive ketones (excluding diaryl/α,β-unsaturated/α-hetero) is 1. The van der Waals surface area contributed by atoms with Gasteiger partial charge in [-0.2, -0.15) is 0 Å². The molecular weight excluding hydrogens is 212 g/mol. The predicted octanol–water partition coefficient (Wildman–Crippen LogP) is 3.21. The topological polar surface area (TPSA) is 34.9 Å². The Hall–Kier alpha value is -1.12. The second kappa shape index (κ2) is 5.48. The summed E-state index contributed by atoms with van der Waals surface area (Å²) in [7, 11) is 1.88. The van der Waals surface area contributed by atoms with Gasteiger partial charge >= 0.3 is 0 Å². The third-order valence-corrected chi connectivity index (χ3v) is 4.03. The number of ketones is 1. The largest absolute Gasteiger partial charge is 0.332 e. The molecule has 0 spiro atoms. The van der Waals surface area contributed by atoms with Crippen LogP contribution in [0.25, 0.3) is 0 Å². The summed E-state index contributed by atoms with van der Waals surface area (Å²) in [6, 6.07) is 0. The lowest BCUT2D eigenvalue weighted by Gasteiger charge is -2.27. The molecule has 3 heteroatoms. The first-order chi connectivity index (χ1) is 8.18. The van der Waals surface area contributed by atoms with E-state index in [0.717, 1.165) is 5.92 Å². The van der Waals surface area contributed by atoms with Crippen molar-refractivity contribution in [2.24, 2.45) is 18.9 Å². The third-order valence-electron chi connectivity index (χ3n) is 4.03. The number of rotatable bonds is 4. The molecule has 17 heavy (non-hydrogen) atoms. The highest BCUT2D eigenvalue weighted by molar-refractivity contribution is 5.92. The zero-order valence-corrected chi connectivity index (χ0v) is 10.9. The van der Waals surface area contributed by atoms with E-state index in [1.54, 1.807) is 6.20 Å². The maximum Gasteiger partial charge on any atom is 0.198 e. The van der Waals surface area contributed by atoms with E-state index in [1.165, 1.54) is 32.1 Å². The molecule has 1 aromatic rings. The van der Waals surface area contributed by atoms with Crippen LogP contribution in [0.2, 0.25) is 0 Å². The third kappa shape index (κ3) is 2.96. The van der Waals surface area contributed by atoms with Gasteiger partial charge in [-0.05, 0) is 11.8 Å². The van der Waals surface area contributed by atoms with Gasteiger partial charge in [-0.1, -0.05) is 39.0 Å². The molecule has 2 rings (SSSR count). The van der Waals surface area contributed by atoms with Gasteiger partial charge in [0.15, 0.2) is 11.6 Å². The minimum absolute atomic E-state index is 0.190. The van der Waals surface area contributed by atoms with E-state index < -0.39 is 0 Å². The van der Waals surface area contributed by atoms with Crippen LogP contribution in [0.1, 0.15) is 56.1 Å². The summed E-state index contributed by atoms with van der Waals surface area (Å²) in [5.41, 5.74) is 0. The van der Waals surface area contributed by atoms with Gasteiger partial charge in [-0.3, -0.25) is 4.79 Å². The summed E-state index contributed by atoms with van der Waals surface area (Å²) in [5.74, 6) is 2.04. The van der Waals surface area contributed by atoms with Crippen molar-refractivity contribution in [3.8, 4) is 0 Å². The molecule has 0 N–H and O–H groups in total. The molecule has 1 fully saturated rings. The summed E-state index contributed by atoms with van der Waals surface area (Å²) in [6.45, 7) is 2.22. The van der Waals surface area contributed by atoms with Crippen LogP contribution < -0.4 is 0 Å². The van der Waals surface area contributed by atoms with Crippen molar-refractivity contribution in [2.45, 2.75) is 45.4 Å². The van der Waals surface area contributed by atoms with E-state index in [4.69, 9.17) is 0 Å². The van der Waals surface area contributed by atoms with Gasteiger partial charge in [-0.15, -0.1) is 0 Å². The van der Waals surface area contributed by atoms with Gasteiger partial charge in [0.2, 0.25) is 0 Å². The van der Waals surface area contributed by atoms with Crippen LogP contribution in [0.5, 0.6) is 0 Å². The number of carbonyl (C=O) groups is 1. The molecule has 3 nitrogen and oxygen atoms in total. The van der Waals surface area contributed by atoms with E-state index in [-0.39, 0.29) is 5.78 Å². The first-order valence-electron chi connectivity index (χ1n) is 6.69. The van der Waals surface area contributed by atoms with E-state index in [9.17, 15) is 4.79 Å². The Balaban J connectivity index is 1.92. The number of hydrogen-bond donors (Lipinski definition) is 0. The van der Waals surface area contributed by atoms with Crippen molar-refractivity contribution in [3.05, 3.63) is 18.2 Å².